The van der Waals surface area contributed by atoms with Crippen LogP contribution >= 0.6 is 11.3 Å². The van der Waals surface area contributed by atoms with Crippen LogP contribution in [0.5, 0.6) is 0 Å². The first-order valence-corrected chi connectivity index (χ1v) is 7.52. The molecule has 1 N–H and O–H groups in total. The van der Waals surface area contributed by atoms with Gasteiger partial charge in [-0.25, -0.2) is 4.68 Å². The lowest BCUT2D eigenvalue weighted by molar-refractivity contribution is 0.102. The largest absolute Gasteiger partial charge is 0.320 e. The van der Waals surface area contributed by atoms with Gasteiger partial charge in [0.1, 0.15) is 5.69 Å². The van der Waals surface area contributed by atoms with Crippen molar-refractivity contribution in [1.82, 2.24) is 9.78 Å². The van der Waals surface area contributed by atoms with E-state index in [-0.39, 0.29) is 17.2 Å². The van der Waals surface area contributed by atoms with Crippen molar-refractivity contribution in [3.8, 4) is 10.4 Å². The number of aryl methyl sites for hydroxylation is 1. The van der Waals surface area contributed by atoms with Gasteiger partial charge in [0.25, 0.3) is 11.5 Å². The van der Waals surface area contributed by atoms with Crippen molar-refractivity contribution < 1.29 is 4.79 Å². The summed E-state index contributed by atoms with van der Waals surface area (Å²) in [6.07, 6.45) is 0. The van der Waals surface area contributed by atoms with Crippen LogP contribution in [0.4, 0.5) is 5.69 Å². The molecule has 0 saturated heterocycles. The van der Waals surface area contributed by atoms with E-state index in [9.17, 15) is 9.59 Å². The lowest BCUT2D eigenvalue weighted by Gasteiger charge is -2.09. The highest BCUT2D eigenvalue weighted by Gasteiger charge is 2.12. The third kappa shape index (κ3) is 2.82. The Balaban J connectivity index is 1.92. The van der Waals surface area contributed by atoms with E-state index in [0.717, 1.165) is 15.1 Å². The van der Waals surface area contributed by atoms with E-state index in [1.807, 2.05) is 41.8 Å². The van der Waals surface area contributed by atoms with E-state index in [0.29, 0.717) is 5.69 Å². The van der Waals surface area contributed by atoms with Gasteiger partial charge in [0.05, 0.1) is 0 Å². The molecule has 0 aliphatic carbocycles. The zero-order chi connectivity index (χ0) is 15.5. The summed E-state index contributed by atoms with van der Waals surface area (Å²) >= 11 is 1.61. The molecule has 3 rings (SSSR count). The normalized spacial score (nSPS) is 10.4. The Morgan fingerprint density at radius 1 is 1.14 bits per heavy atom. The Morgan fingerprint density at radius 3 is 2.68 bits per heavy atom. The summed E-state index contributed by atoms with van der Waals surface area (Å²) in [5.41, 5.74) is 1.61. The summed E-state index contributed by atoms with van der Waals surface area (Å²) in [5, 5.41) is 8.80. The maximum absolute atomic E-state index is 12.3. The number of amides is 1. The molecule has 0 radical (unpaired) electrons. The van der Waals surface area contributed by atoms with Crippen LogP contribution in [0.15, 0.2) is 58.7 Å². The molecule has 0 spiro atoms. The molecule has 0 saturated carbocycles. The van der Waals surface area contributed by atoms with Crippen molar-refractivity contribution in [1.29, 1.82) is 0 Å². The van der Waals surface area contributed by atoms with Gasteiger partial charge in [-0.05, 0) is 23.6 Å². The summed E-state index contributed by atoms with van der Waals surface area (Å²) in [4.78, 5) is 24.7. The standard InChI is InChI=1S/C16H13N3O2S/c1-19-15(20)9-8-13(18-19)16(21)17-12-6-3-2-5-11(12)14-7-4-10-22-14/h2-10H,1H3,(H,17,21). The molecule has 0 fully saturated rings. The predicted molar refractivity (Wildman–Crippen MR) is 87.2 cm³/mol. The van der Waals surface area contributed by atoms with Gasteiger partial charge in [0, 0.05) is 29.2 Å². The van der Waals surface area contributed by atoms with Gasteiger partial charge in [0.15, 0.2) is 0 Å². The van der Waals surface area contributed by atoms with E-state index >= 15 is 0 Å². The topological polar surface area (TPSA) is 64.0 Å². The Hall–Kier alpha value is -2.73. The number of hydrogen-bond donors (Lipinski definition) is 1. The summed E-state index contributed by atoms with van der Waals surface area (Å²) in [6, 6.07) is 14.3. The first-order valence-electron chi connectivity index (χ1n) is 6.64. The third-order valence-corrected chi connectivity index (χ3v) is 4.06. The molecule has 0 aliphatic rings. The fraction of sp³-hybridized carbons (Fsp3) is 0.0625. The highest BCUT2D eigenvalue weighted by Crippen LogP contribution is 2.31. The minimum atomic E-state index is -0.348. The molecule has 0 unspecified atom stereocenters. The van der Waals surface area contributed by atoms with Crippen molar-refractivity contribution >= 4 is 22.9 Å². The van der Waals surface area contributed by atoms with Crippen LogP contribution in [-0.2, 0) is 7.05 Å². The van der Waals surface area contributed by atoms with Gasteiger partial charge < -0.3 is 5.32 Å². The number of para-hydroxylation sites is 1. The van der Waals surface area contributed by atoms with E-state index < -0.39 is 0 Å². The number of carbonyl (C=O) groups is 1. The molecule has 6 heteroatoms. The fourth-order valence-electron chi connectivity index (χ4n) is 2.05. The van der Waals surface area contributed by atoms with Gasteiger partial charge in [-0.15, -0.1) is 11.3 Å². The molecule has 22 heavy (non-hydrogen) atoms. The number of rotatable bonds is 3. The number of carbonyl (C=O) groups excluding carboxylic acids is 1. The minimum Gasteiger partial charge on any atom is -0.320 e. The van der Waals surface area contributed by atoms with Crippen LogP contribution in [0.3, 0.4) is 0 Å². The summed E-state index contributed by atoms with van der Waals surface area (Å²) in [6.45, 7) is 0. The highest BCUT2D eigenvalue weighted by molar-refractivity contribution is 7.13. The van der Waals surface area contributed by atoms with Crippen LogP contribution in [0.25, 0.3) is 10.4 Å². The highest BCUT2D eigenvalue weighted by atomic mass is 32.1. The number of nitrogens with zero attached hydrogens (tertiary/aromatic N) is 2. The average molecular weight is 311 g/mol. The van der Waals surface area contributed by atoms with Crippen LogP contribution in [0.2, 0.25) is 0 Å². The van der Waals surface area contributed by atoms with Crippen molar-refractivity contribution in [2.45, 2.75) is 0 Å². The second-order valence-corrected chi connectivity index (χ2v) is 5.61. The quantitative estimate of drug-likeness (QED) is 0.809. The monoisotopic (exact) mass is 311 g/mol. The zero-order valence-corrected chi connectivity index (χ0v) is 12.6. The molecular weight excluding hydrogens is 298 g/mol. The van der Waals surface area contributed by atoms with Gasteiger partial charge in [-0.2, -0.15) is 5.10 Å². The molecule has 110 valence electrons. The van der Waals surface area contributed by atoms with Gasteiger partial charge >= 0.3 is 0 Å². The number of anilines is 1. The van der Waals surface area contributed by atoms with Crippen LogP contribution in [0.1, 0.15) is 10.5 Å². The Bertz CT molecular complexity index is 869. The van der Waals surface area contributed by atoms with Crippen LogP contribution < -0.4 is 10.9 Å². The number of aromatic nitrogens is 2. The molecule has 0 aliphatic heterocycles. The third-order valence-electron chi connectivity index (χ3n) is 3.15. The maximum Gasteiger partial charge on any atom is 0.276 e. The molecule has 2 heterocycles. The fourth-order valence-corrected chi connectivity index (χ4v) is 2.81. The second kappa shape index (κ2) is 5.95. The Labute approximate surface area is 130 Å². The second-order valence-electron chi connectivity index (χ2n) is 4.66. The number of benzene rings is 1. The molecular formula is C16H13N3O2S. The zero-order valence-electron chi connectivity index (χ0n) is 11.8. The molecule has 3 aromatic rings. The first-order chi connectivity index (χ1) is 10.6. The molecule has 0 bridgehead atoms. The first kappa shape index (κ1) is 14.2. The Morgan fingerprint density at radius 2 is 1.95 bits per heavy atom. The SMILES string of the molecule is Cn1nc(C(=O)Nc2ccccc2-c2cccs2)ccc1=O. The molecule has 5 nitrogen and oxygen atoms in total. The summed E-state index contributed by atoms with van der Waals surface area (Å²) < 4.78 is 1.14. The van der Waals surface area contributed by atoms with Crippen molar-refractivity contribution in [2.24, 2.45) is 7.05 Å². The average Bonchev–Trinajstić information content (AvgIpc) is 3.04. The molecule has 1 aromatic carbocycles. The summed E-state index contributed by atoms with van der Waals surface area (Å²) in [7, 11) is 1.51. The van der Waals surface area contributed by atoms with E-state index in [2.05, 4.69) is 10.4 Å². The maximum atomic E-state index is 12.3. The van der Waals surface area contributed by atoms with Gasteiger partial charge in [-0.1, -0.05) is 24.3 Å². The molecule has 2 aromatic heterocycles. The van der Waals surface area contributed by atoms with Gasteiger partial charge in [-0.3, -0.25) is 9.59 Å². The number of hydrogen-bond acceptors (Lipinski definition) is 4. The van der Waals surface area contributed by atoms with Crippen LogP contribution in [0, 0.1) is 0 Å². The molecule has 0 atom stereocenters. The van der Waals surface area contributed by atoms with E-state index in [4.69, 9.17) is 0 Å². The lowest BCUT2D eigenvalue weighted by atomic mass is 10.1. The van der Waals surface area contributed by atoms with Crippen molar-refractivity contribution in [3.05, 3.63) is 70.0 Å². The number of nitrogens with one attached hydrogen (secondary N) is 1. The minimum absolute atomic E-state index is 0.197. The van der Waals surface area contributed by atoms with E-state index in [1.54, 1.807) is 11.3 Å². The van der Waals surface area contributed by atoms with E-state index in [1.165, 1.54) is 19.2 Å². The lowest BCUT2D eigenvalue weighted by Crippen LogP contribution is -2.23. The summed E-state index contributed by atoms with van der Waals surface area (Å²) in [5.74, 6) is -0.348. The molecule has 1 amide bonds. The van der Waals surface area contributed by atoms with Crippen LogP contribution in [-0.4, -0.2) is 15.7 Å². The van der Waals surface area contributed by atoms with Gasteiger partial charge in [0.2, 0.25) is 0 Å². The van der Waals surface area contributed by atoms with Crippen molar-refractivity contribution in [3.63, 3.8) is 0 Å². The number of thiophene rings is 1. The smallest absolute Gasteiger partial charge is 0.276 e. The predicted octanol–water partition coefficient (Wildman–Crippen LogP) is 2.76. The Kier molecular flexibility index (Phi) is 3.84. The van der Waals surface area contributed by atoms with Crippen molar-refractivity contribution in [2.75, 3.05) is 5.32 Å².